The van der Waals surface area contributed by atoms with E-state index in [0.29, 0.717) is 28.6 Å². The molecule has 0 unspecified atom stereocenters. The number of nitrogens with one attached hydrogen (secondary N) is 2. The van der Waals surface area contributed by atoms with Crippen LogP contribution in [-0.4, -0.2) is 19.7 Å². The summed E-state index contributed by atoms with van der Waals surface area (Å²) in [6, 6.07) is 3.71. The third-order valence-electron chi connectivity index (χ3n) is 2.87. The van der Waals surface area contributed by atoms with Gasteiger partial charge in [0.05, 0.1) is 5.56 Å². The Hall–Kier alpha value is -1.69. The molecule has 2 N–H and O–H groups in total. The molecule has 0 aromatic carbocycles. The molecule has 0 aliphatic heterocycles. The van der Waals surface area contributed by atoms with Crippen molar-refractivity contribution >= 4 is 12.2 Å². The zero-order valence-corrected chi connectivity index (χ0v) is 11.5. The number of hydrogen-bond acceptors (Lipinski definition) is 3. The summed E-state index contributed by atoms with van der Waals surface area (Å²) in [5, 5.41) is 6.83. The van der Waals surface area contributed by atoms with Gasteiger partial charge in [-0.05, 0) is 37.2 Å². The van der Waals surface area contributed by atoms with Gasteiger partial charge in [0.15, 0.2) is 10.6 Å². The van der Waals surface area contributed by atoms with Crippen molar-refractivity contribution in [2.75, 3.05) is 0 Å². The summed E-state index contributed by atoms with van der Waals surface area (Å²) in [6.45, 7) is 6.71. The van der Waals surface area contributed by atoms with Gasteiger partial charge in [-0.2, -0.15) is 5.10 Å². The predicted molar refractivity (Wildman–Crippen MR) is 73.2 cm³/mol. The van der Waals surface area contributed by atoms with E-state index in [2.05, 4.69) is 15.2 Å². The van der Waals surface area contributed by atoms with Crippen LogP contribution in [-0.2, 0) is 6.54 Å². The van der Waals surface area contributed by atoms with E-state index in [0.717, 1.165) is 5.69 Å². The van der Waals surface area contributed by atoms with Crippen molar-refractivity contribution in [2.45, 2.75) is 33.2 Å². The highest BCUT2D eigenvalue weighted by Crippen LogP contribution is 2.15. The Morgan fingerprint density at radius 3 is 2.72 bits per heavy atom. The largest absolute Gasteiger partial charge is 0.325 e. The van der Waals surface area contributed by atoms with Crippen LogP contribution >= 0.6 is 12.2 Å². The molecule has 0 fully saturated rings. The van der Waals surface area contributed by atoms with E-state index in [1.807, 2.05) is 26.8 Å². The summed E-state index contributed by atoms with van der Waals surface area (Å²) < 4.78 is 2.33. The fraction of sp³-hybridized carbons (Fsp3) is 0.417. The van der Waals surface area contributed by atoms with Crippen molar-refractivity contribution in [3.8, 4) is 11.4 Å². The second kappa shape index (κ2) is 4.89. The van der Waals surface area contributed by atoms with Crippen molar-refractivity contribution < 1.29 is 0 Å². The van der Waals surface area contributed by atoms with Gasteiger partial charge >= 0.3 is 0 Å². The Kier molecular flexibility index (Phi) is 3.47. The van der Waals surface area contributed by atoms with Crippen LogP contribution in [0.2, 0.25) is 0 Å². The molecule has 0 amide bonds. The first kappa shape index (κ1) is 12.8. The molecule has 0 saturated carbocycles. The molecule has 18 heavy (non-hydrogen) atoms. The van der Waals surface area contributed by atoms with E-state index in [4.69, 9.17) is 12.2 Å². The number of hydrogen-bond donors (Lipinski definition) is 2. The van der Waals surface area contributed by atoms with Gasteiger partial charge in [0.1, 0.15) is 0 Å². The third kappa shape index (κ3) is 2.15. The molecule has 0 saturated heterocycles. The molecule has 2 heterocycles. The van der Waals surface area contributed by atoms with Crippen LogP contribution in [0.3, 0.4) is 0 Å². The van der Waals surface area contributed by atoms with Gasteiger partial charge in [0.25, 0.3) is 5.56 Å². The molecule has 0 atom stereocenters. The monoisotopic (exact) mass is 264 g/mol. The SMILES string of the molecule is CCn1c(-c2ccc(C(C)C)[nH]c2=O)n[nH]c1=S. The number of aromatic amines is 2. The van der Waals surface area contributed by atoms with Gasteiger partial charge in [-0.25, -0.2) is 0 Å². The van der Waals surface area contributed by atoms with Crippen LogP contribution < -0.4 is 5.56 Å². The van der Waals surface area contributed by atoms with Crippen molar-refractivity contribution in [1.29, 1.82) is 0 Å². The Bertz CT molecular complexity index is 665. The lowest BCUT2D eigenvalue weighted by molar-refractivity contribution is 0.753. The topological polar surface area (TPSA) is 66.5 Å². The van der Waals surface area contributed by atoms with Crippen molar-refractivity contribution in [2.24, 2.45) is 0 Å². The molecule has 0 bridgehead atoms. The quantitative estimate of drug-likeness (QED) is 0.837. The van der Waals surface area contributed by atoms with Gasteiger partial charge in [-0.1, -0.05) is 13.8 Å². The molecule has 0 spiro atoms. The van der Waals surface area contributed by atoms with E-state index in [-0.39, 0.29) is 5.56 Å². The van der Waals surface area contributed by atoms with Crippen molar-refractivity contribution in [1.82, 2.24) is 19.7 Å². The zero-order valence-electron chi connectivity index (χ0n) is 10.7. The Morgan fingerprint density at radius 2 is 2.17 bits per heavy atom. The third-order valence-corrected chi connectivity index (χ3v) is 3.18. The van der Waals surface area contributed by atoms with Gasteiger partial charge < -0.3 is 9.55 Å². The Morgan fingerprint density at radius 1 is 1.44 bits per heavy atom. The van der Waals surface area contributed by atoms with Crippen LogP contribution in [0.15, 0.2) is 16.9 Å². The average Bonchev–Trinajstić information content (AvgIpc) is 2.70. The lowest BCUT2D eigenvalue weighted by atomic mass is 10.1. The molecular weight excluding hydrogens is 248 g/mol. The van der Waals surface area contributed by atoms with Gasteiger partial charge in [-0.3, -0.25) is 9.89 Å². The second-order valence-corrected chi connectivity index (χ2v) is 4.79. The van der Waals surface area contributed by atoms with Crippen LogP contribution in [0.4, 0.5) is 0 Å². The highest BCUT2D eigenvalue weighted by atomic mass is 32.1. The first-order valence-corrected chi connectivity index (χ1v) is 6.34. The normalized spacial score (nSPS) is 11.1. The fourth-order valence-electron chi connectivity index (χ4n) is 1.82. The van der Waals surface area contributed by atoms with Gasteiger partial charge in [-0.15, -0.1) is 0 Å². The Labute approximate surface area is 110 Å². The summed E-state index contributed by atoms with van der Waals surface area (Å²) in [4.78, 5) is 14.9. The van der Waals surface area contributed by atoms with E-state index < -0.39 is 0 Å². The highest BCUT2D eigenvalue weighted by molar-refractivity contribution is 7.71. The van der Waals surface area contributed by atoms with Crippen LogP contribution in [0.5, 0.6) is 0 Å². The summed E-state index contributed by atoms with van der Waals surface area (Å²) in [5.41, 5.74) is 1.32. The second-order valence-electron chi connectivity index (χ2n) is 4.41. The van der Waals surface area contributed by atoms with Gasteiger partial charge in [0, 0.05) is 12.2 Å². The van der Waals surface area contributed by atoms with E-state index >= 15 is 0 Å². The summed E-state index contributed by atoms with van der Waals surface area (Å²) in [6.07, 6.45) is 0. The molecule has 6 heteroatoms. The molecule has 0 aliphatic rings. The minimum atomic E-state index is -0.134. The highest BCUT2D eigenvalue weighted by Gasteiger charge is 2.12. The molecule has 2 aromatic rings. The molecule has 0 radical (unpaired) electrons. The molecule has 0 aliphatic carbocycles. The lowest BCUT2D eigenvalue weighted by Crippen LogP contribution is -2.14. The van der Waals surface area contributed by atoms with E-state index in [1.54, 1.807) is 10.6 Å². The summed E-state index contributed by atoms with van der Waals surface area (Å²) >= 11 is 5.12. The average molecular weight is 264 g/mol. The first-order valence-electron chi connectivity index (χ1n) is 5.93. The van der Waals surface area contributed by atoms with E-state index in [1.165, 1.54) is 0 Å². The molecule has 2 rings (SSSR count). The van der Waals surface area contributed by atoms with Crippen LogP contribution in [0.25, 0.3) is 11.4 Å². The minimum absolute atomic E-state index is 0.134. The Balaban J connectivity index is 2.58. The number of pyridine rings is 1. The van der Waals surface area contributed by atoms with Gasteiger partial charge in [0.2, 0.25) is 0 Å². The predicted octanol–water partition coefficient (Wildman–Crippen LogP) is 2.44. The molecule has 2 aromatic heterocycles. The molecule has 5 nitrogen and oxygen atoms in total. The first-order chi connectivity index (χ1) is 8.54. The number of rotatable bonds is 3. The van der Waals surface area contributed by atoms with Crippen molar-refractivity contribution in [3.05, 3.63) is 33.0 Å². The zero-order chi connectivity index (χ0) is 13.3. The lowest BCUT2D eigenvalue weighted by Gasteiger charge is -2.07. The number of H-pyrrole nitrogens is 2. The maximum Gasteiger partial charge on any atom is 0.259 e. The van der Waals surface area contributed by atoms with Crippen molar-refractivity contribution in [3.63, 3.8) is 0 Å². The minimum Gasteiger partial charge on any atom is -0.325 e. The molecular formula is C12H16N4OS. The van der Waals surface area contributed by atoms with E-state index in [9.17, 15) is 4.79 Å². The fourth-order valence-corrected chi connectivity index (χ4v) is 2.08. The summed E-state index contributed by atoms with van der Waals surface area (Å²) in [5.74, 6) is 0.873. The smallest absolute Gasteiger partial charge is 0.259 e. The van der Waals surface area contributed by atoms with Crippen LogP contribution in [0.1, 0.15) is 32.4 Å². The van der Waals surface area contributed by atoms with Crippen LogP contribution in [0, 0.1) is 4.77 Å². The summed E-state index contributed by atoms with van der Waals surface area (Å²) in [7, 11) is 0. The maximum atomic E-state index is 12.1. The number of nitrogens with zero attached hydrogens (tertiary/aromatic N) is 2. The number of aromatic nitrogens is 4. The molecule has 96 valence electrons. The standard InChI is InChI=1S/C12H16N4OS/c1-4-16-10(14-15-12(16)18)8-5-6-9(7(2)3)13-11(8)17/h5-7H,4H2,1-3H3,(H,13,17)(H,15,18). The maximum absolute atomic E-state index is 12.1.